The molecule has 0 aromatic heterocycles. The van der Waals surface area contributed by atoms with E-state index in [-0.39, 0.29) is 0 Å². The van der Waals surface area contributed by atoms with Crippen LogP contribution in [0, 0.1) is 0 Å². The van der Waals surface area contributed by atoms with Crippen molar-refractivity contribution in [1.29, 1.82) is 0 Å². The Kier molecular flexibility index (Phi) is 5.69. The Morgan fingerprint density at radius 2 is 0.750 bits per heavy atom. The van der Waals surface area contributed by atoms with Crippen molar-refractivity contribution < 1.29 is 35.1 Å². The van der Waals surface area contributed by atoms with Gasteiger partial charge in [-0.25, -0.2) is 8.78 Å². The molecule has 0 aromatic carbocycles. The van der Waals surface area contributed by atoms with Crippen molar-refractivity contribution in [3.63, 3.8) is 0 Å². The molecule has 0 aliphatic carbocycles. The molecule has 0 N–H and O–H groups in total. The van der Waals surface area contributed by atoms with Crippen LogP contribution >= 0.6 is 69.6 Å². The van der Waals surface area contributed by atoms with Crippen LogP contribution in [0.3, 0.4) is 0 Å². The van der Waals surface area contributed by atoms with Crippen LogP contribution < -0.4 is 0 Å². The molecule has 0 heterocycles. The van der Waals surface area contributed by atoms with E-state index in [1.807, 2.05) is 0 Å². The maximum Gasteiger partial charge on any atom is 0.375 e. The van der Waals surface area contributed by atoms with Crippen molar-refractivity contribution in [2.24, 2.45) is 0 Å². The van der Waals surface area contributed by atoms with Gasteiger partial charge in [-0.1, -0.05) is 58.0 Å². The van der Waals surface area contributed by atoms with Crippen molar-refractivity contribution in [2.75, 3.05) is 0 Å². The highest BCUT2D eigenvalue weighted by Gasteiger charge is 2.86. The van der Waals surface area contributed by atoms with E-state index in [1.54, 1.807) is 0 Å². The number of hydrogen-bond donors (Lipinski definition) is 0. The number of alkyl halides is 14. The first-order valence-corrected chi connectivity index (χ1v) is 6.16. The summed E-state index contributed by atoms with van der Waals surface area (Å²) in [5.74, 6) is -12.3. The minimum absolute atomic E-state index is 3.89. The summed E-state index contributed by atoms with van der Waals surface area (Å²) in [6.45, 7) is 0. The van der Waals surface area contributed by atoms with E-state index >= 15 is 0 Å². The van der Waals surface area contributed by atoms with E-state index in [0.29, 0.717) is 0 Å². The van der Waals surface area contributed by atoms with Crippen LogP contribution in [0.15, 0.2) is 0 Å². The second-order valence-electron chi connectivity index (χ2n) is 3.29. The number of rotatable bonds is 4. The zero-order chi connectivity index (χ0) is 17.0. The topological polar surface area (TPSA) is 0 Å². The molecule has 0 unspecified atom stereocenters. The molecule has 14 heteroatoms. The third kappa shape index (κ3) is 2.97. The number of halogens is 14. The zero-order valence-electron chi connectivity index (χ0n) is 8.29. The van der Waals surface area contributed by atoms with Crippen molar-refractivity contribution >= 4 is 69.6 Å². The van der Waals surface area contributed by atoms with E-state index in [9.17, 15) is 35.1 Å². The largest absolute Gasteiger partial charge is 0.375 e. The lowest BCUT2D eigenvalue weighted by Crippen LogP contribution is -2.67. The molecular formula is C6Cl6F8. The second kappa shape index (κ2) is 5.37. The van der Waals surface area contributed by atoms with Gasteiger partial charge in [0, 0.05) is 0 Å². The molecule has 0 amide bonds. The Morgan fingerprint density at radius 1 is 0.450 bits per heavy atom. The molecule has 0 spiro atoms. The molecule has 0 radical (unpaired) electrons. The smallest absolute Gasteiger partial charge is 0.212 e. The molecule has 0 nitrogen and oxygen atoms in total. The first-order chi connectivity index (χ1) is 8.25. The number of hydrogen-bond acceptors (Lipinski definition) is 0. The van der Waals surface area contributed by atoms with Crippen LogP contribution in [0.4, 0.5) is 35.1 Å². The average Bonchev–Trinajstić information content (AvgIpc) is 2.12. The minimum atomic E-state index is -6.47. The molecule has 0 fully saturated rings. The van der Waals surface area contributed by atoms with Crippen LogP contribution in [0.1, 0.15) is 0 Å². The van der Waals surface area contributed by atoms with Crippen LogP contribution in [-0.4, -0.2) is 31.3 Å². The van der Waals surface area contributed by atoms with Gasteiger partial charge in [-0.05, 0) is 11.6 Å². The van der Waals surface area contributed by atoms with E-state index in [2.05, 4.69) is 69.6 Å². The quantitative estimate of drug-likeness (QED) is 0.360. The van der Waals surface area contributed by atoms with Gasteiger partial charge in [-0.3, -0.25) is 0 Å². The summed E-state index contributed by atoms with van der Waals surface area (Å²) < 4.78 is 100. The van der Waals surface area contributed by atoms with Gasteiger partial charge in [0.05, 0.1) is 0 Å². The van der Waals surface area contributed by atoms with Gasteiger partial charge in [0.2, 0.25) is 0 Å². The molecule has 0 saturated heterocycles. The molecule has 0 bridgehead atoms. The molecule has 20 heavy (non-hydrogen) atoms. The van der Waals surface area contributed by atoms with Crippen LogP contribution in [0.2, 0.25) is 0 Å². The molecule has 0 aliphatic rings. The fourth-order valence-corrected chi connectivity index (χ4v) is 1.86. The molecule has 0 aromatic rings. The fourth-order valence-electron chi connectivity index (χ4n) is 0.750. The van der Waals surface area contributed by atoms with Crippen molar-refractivity contribution in [3.05, 3.63) is 0 Å². The summed E-state index contributed by atoms with van der Waals surface area (Å²) in [4.78, 5) is 0. The Hall–Kier alpha value is 1.18. The monoisotopic (exact) mass is 434 g/mol. The molecule has 122 valence electrons. The first kappa shape index (κ1) is 21.2. The van der Waals surface area contributed by atoms with Gasteiger partial charge >= 0.3 is 27.5 Å². The third-order valence-corrected chi connectivity index (χ3v) is 3.91. The minimum Gasteiger partial charge on any atom is -0.212 e. The predicted molar refractivity (Wildman–Crippen MR) is 60.4 cm³/mol. The first-order valence-electron chi connectivity index (χ1n) is 3.90. The summed E-state index contributed by atoms with van der Waals surface area (Å²) >= 11 is 25.7. The van der Waals surface area contributed by atoms with E-state index < -0.39 is 31.3 Å². The molecule has 2 atom stereocenters. The van der Waals surface area contributed by atoms with E-state index in [0.717, 1.165) is 0 Å². The molecule has 0 rings (SSSR count). The Bertz CT molecular complexity index is 333. The summed E-state index contributed by atoms with van der Waals surface area (Å²) in [6, 6.07) is 0. The SMILES string of the molecule is FC(F)(Cl)[C@](F)(Cl)C(F)(F)[C@](F)(Cl)C(F)(F)C(Cl)(Cl)Cl. The standard InChI is InChI=1S/C6Cl6F8/c7-1(13,4(17,18)5(9,10)11)3(15,16)2(8,14)6(12,19)20/t1-,2+/m1/s1. The third-order valence-electron chi connectivity index (χ3n) is 1.90. The van der Waals surface area contributed by atoms with E-state index in [4.69, 9.17) is 0 Å². The lowest BCUT2D eigenvalue weighted by Gasteiger charge is -2.41. The Balaban J connectivity index is 6.08. The van der Waals surface area contributed by atoms with Gasteiger partial charge in [0.15, 0.2) is 0 Å². The lowest BCUT2D eigenvalue weighted by molar-refractivity contribution is -0.264. The van der Waals surface area contributed by atoms with Crippen LogP contribution in [0.25, 0.3) is 0 Å². The highest BCUT2D eigenvalue weighted by molar-refractivity contribution is 6.68. The van der Waals surface area contributed by atoms with Crippen molar-refractivity contribution in [3.8, 4) is 0 Å². The summed E-state index contributed by atoms with van der Waals surface area (Å²) in [5, 5.41) is -17.5. The van der Waals surface area contributed by atoms with Gasteiger partial charge in [-0.2, -0.15) is 26.3 Å². The van der Waals surface area contributed by atoms with Gasteiger partial charge < -0.3 is 0 Å². The normalized spacial score (nSPS) is 21.3. The Morgan fingerprint density at radius 3 is 0.950 bits per heavy atom. The van der Waals surface area contributed by atoms with Crippen molar-refractivity contribution in [1.82, 2.24) is 0 Å². The molecule has 0 aliphatic heterocycles. The Labute approximate surface area is 136 Å². The van der Waals surface area contributed by atoms with Crippen LogP contribution in [0.5, 0.6) is 0 Å². The molecular weight excluding hydrogens is 437 g/mol. The highest BCUT2D eigenvalue weighted by atomic mass is 35.6. The predicted octanol–water partition coefficient (Wildman–Crippen LogP) is 6.27. The van der Waals surface area contributed by atoms with E-state index in [1.165, 1.54) is 0 Å². The maximum absolute atomic E-state index is 13.5. The highest BCUT2D eigenvalue weighted by Crippen LogP contribution is 2.63. The van der Waals surface area contributed by atoms with Gasteiger partial charge in [0.1, 0.15) is 0 Å². The maximum atomic E-state index is 13.5. The van der Waals surface area contributed by atoms with Gasteiger partial charge in [0.25, 0.3) is 3.79 Å². The summed E-state index contributed by atoms with van der Waals surface area (Å²) in [6.07, 6.45) is 0. The van der Waals surface area contributed by atoms with Crippen molar-refractivity contribution in [2.45, 2.75) is 31.3 Å². The molecule has 0 saturated carbocycles. The fraction of sp³-hybridized carbons (Fsp3) is 1.00. The second-order valence-corrected chi connectivity index (χ2v) is 7.09. The average molecular weight is 437 g/mol. The van der Waals surface area contributed by atoms with Gasteiger partial charge in [-0.15, -0.1) is 0 Å². The summed E-state index contributed by atoms with van der Waals surface area (Å²) in [7, 11) is 0. The van der Waals surface area contributed by atoms with Crippen LogP contribution in [-0.2, 0) is 0 Å². The lowest BCUT2D eigenvalue weighted by atomic mass is 10.0. The summed E-state index contributed by atoms with van der Waals surface area (Å²) in [5.41, 5.74) is 0. The zero-order valence-corrected chi connectivity index (χ0v) is 12.8.